The summed E-state index contributed by atoms with van der Waals surface area (Å²) < 4.78 is 4.23. The van der Waals surface area contributed by atoms with Gasteiger partial charge in [0.15, 0.2) is 0 Å². The van der Waals surface area contributed by atoms with E-state index < -0.39 is 3.23 Å². The number of rotatable bonds is 5. The van der Waals surface area contributed by atoms with Crippen LogP contribution in [-0.2, 0) is 12.8 Å². The Kier molecular flexibility index (Phi) is 5.49. The monoisotopic (exact) mass is 348 g/mol. The summed E-state index contributed by atoms with van der Waals surface area (Å²) in [5.74, 6) is -0.313. The number of carbonyl (C=O) groups excluding carboxylic acids is 1. The van der Waals surface area contributed by atoms with Crippen LogP contribution in [0.5, 0.6) is 0 Å². The minimum atomic E-state index is -0.936. The summed E-state index contributed by atoms with van der Waals surface area (Å²) >= 11 is 6.70. The van der Waals surface area contributed by atoms with E-state index in [2.05, 4.69) is 38.8 Å². The van der Waals surface area contributed by atoms with Gasteiger partial charge in [0.25, 0.3) is 0 Å². The smallest absolute Gasteiger partial charge is 0.338 e. The molecule has 0 N–H and O–H groups in total. The number of benzene rings is 1. The molecule has 0 saturated carbocycles. The van der Waals surface area contributed by atoms with Gasteiger partial charge in [-0.25, -0.2) is 4.79 Å². The van der Waals surface area contributed by atoms with Gasteiger partial charge in [0.05, 0.1) is 6.61 Å². The highest BCUT2D eigenvalue weighted by Crippen LogP contribution is 2.39. The van der Waals surface area contributed by atoms with Crippen molar-refractivity contribution in [3.8, 4) is 0 Å². The van der Waals surface area contributed by atoms with Crippen molar-refractivity contribution >= 4 is 37.8 Å². The van der Waals surface area contributed by atoms with Crippen molar-refractivity contribution in [1.82, 2.24) is 0 Å². The fraction of sp³-hybridized carbons (Fsp3) is 0.417. The zero-order valence-electron chi connectivity index (χ0n) is 9.08. The number of esters is 1. The lowest BCUT2D eigenvalue weighted by atomic mass is 10.1. The molecule has 88 valence electrons. The maximum absolute atomic E-state index is 11.8. The maximum Gasteiger partial charge on any atom is 0.338 e. The zero-order chi connectivity index (χ0) is 12.0. The van der Waals surface area contributed by atoms with E-state index >= 15 is 0 Å². The number of hydrogen-bond acceptors (Lipinski definition) is 2. The highest BCUT2D eigenvalue weighted by molar-refractivity contribution is 9.25. The van der Waals surface area contributed by atoms with Crippen LogP contribution in [0, 0.1) is 0 Å². The Morgan fingerprint density at radius 3 is 2.50 bits per heavy atom. The van der Waals surface area contributed by atoms with Gasteiger partial charge in [-0.15, -0.1) is 0 Å². The Morgan fingerprint density at radius 1 is 1.31 bits per heavy atom. The third-order valence-corrected chi connectivity index (χ3v) is 3.69. The standard InChI is InChI=1S/C12H14Br2O2/c1-2-3-9-16-11(15)12(13,14)10-7-5-4-6-8-10/h4-8H,2-3,9H2,1H3. The Labute approximate surface area is 113 Å². The molecule has 0 aliphatic rings. The molecule has 1 rings (SSSR count). The Morgan fingerprint density at radius 2 is 1.94 bits per heavy atom. The van der Waals surface area contributed by atoms with Crippen LogP contribution < -0.4 is 0 Å². The van der Waals surface area contributed by atoms with Gasteiger partial charge < -0.3 is 4.74 Å². The van der Waals surface area contributed by atoms with Gasteiger partial charge in [0, 0.05) is 0 Å². The summed E-state index contributed by atoms with van der Waals surface area (Å²) in [4.78, 5) is 11.8. The molecule has 1 aromatic rings. The van der Waals surface area contributed by atoms with Gasteiger partial charge in [-0.2, -0.15) is 0 Å². The summed E-state index contributed by atoms with van der Waals surface area (Å²) in [6.07, 6.45) is 1.90. The molecule has 0 atom stereocenters. The van der Waals surface area contributed by atoms with Gasteiger partial charge in [-0.05, 0) is 12.0 Å². The van der Waals surface area contributed by atoms with Crippen LogP contribution in [-0.4, -0.2) is 12.6 Å². The van der Waals surface area contributed by atoms with Crippen LogP contribution >= 0.6 is 31.9 Å². The molecule has 0 heterocycles. The summed E-state index contributed by atoms with van der Waals surface area (Å²) in [5.41, 5.74) is 0.830. The number of hydrogen-bond donors (Lipinski definition) is 0. The summed E-state index contributed by atoms with van der Waals surface area (Å²) in [7, 11) is 0. The van der Waals surface area contributed by atoms with E-state index in [9.17, 15) is 4.79 Å². The summed E-state index contributed by atoms with van der Waals surface area (Å²) in [6, 6.07) is 9.40. The molecule has 0 aliphatic carbocycles. The van der Waals surface area contributed by atoms with E-state index in [1.54, 1.807) is 0 Å². The first kappa shape index (κ1) is 13.7. The lowest BCUT2D eigenvalue weighted by molar-refractivity contribution is -0.143. The molecule has 0 unspecified atom stereocenters. The average molecular weight is 350 g/mol. The molecule has 2 nitrogen and oxygen atoms in total. The first-order valence-electron chi connectivity index (χ1n) is 5.19. The Hall–Kier alpha value is -0.350. The topological polar surface area (TPSA) is 26.3 Å². The first-order valence-corrected chi connectivity index (χ1v) is 6.78. The SMILES string of the molecule is CCCCOC(=O)C(Br)(Br)c1ccccc1. The molecule has 0 bridgehead atoms. The van der Waals surface area contributed by atoms with E-state index in [-0.39, 0.29) is 5.97 Å². The molecule has 0 radical (unpaired) electrons. The third kappa shape index (κ3) is 3.59. The van der Waals surface area contributed by atoms with Gasteiger partial charge in [0.1, 0.15) is 0 Å². The van der Waals surface area contributed by atoms with Crippen molar-refractivity contribution in [3.05, 3.63) is 35.9 Å². The molecule has 16 heavy (non-hydrogen) atoms. The van der Waals surface area contributed by atoms with Gasteiger partial charge in [-0.1, -0.05) is 75.5 Å². The quantitative estimate of drug-likeness (QED) is 0.456. The van der Waals surface area contributed by atoms with Crippen LogP contribution in [0.15, 0.2) is 30.3 Å². The van der Waals surface area contributed by atoms with Crippen LogP contribution in [0.25, 0.3) is 0 Å². The predicted molar refractivity (Wildman–Crippen MR) is 71.8 cm³/mol. The lowest BCUT2D eigenvalue weighted by Gasteiger charge is -2.19. The first-order chi connectivity index (χ1) is 7.59. The highest BCUT2D eigenvalue weighted by atomic mass is 79.9. The molecule has 1 aromatic carbocycles. The largest absolute Gasteiger partial charge is 0.464 e. The molecule has 0 aliphatic heterocycles. The second kappa shape index (κ2) is 6.40. The molecule has 0 fully saturated rings. The van der Waals surface area contributed by atoms with Gasteiger partial charge >= 0.3 is 5.97 Å². The van der Waals surface area contributed by atoms with Crippen molar-refractivity contribution in [2.24, 2.45) is 0 Å². The van der Waals surface area contributed by atoms with E-state index in [4.69, 9.17) is 4.74 Å². The van der Waals surface area contributed by atoms with E-state index in [1.807, 2.05) is 30.3 Å². The molecular formula is C12H14Br2O2. The molecule has 0 aromatic heterocycles. The van der Waals surface area contributed by atoms with Crippen LogP contribution in [0.4, 0.5) is 0 Å². The average Bonchev–Trinajstić information content (AvgIpc) is 2.30. The third-order valence-electron chi connectivity index (χ3n) is 2.12. The number of ether oxygens (including phenoxy) is 1. The number of unbranched alkanes of at least 4 members (excludes halogenated alkanes) is 1. The second-order valence-corrected chi connectivity index (χ2v) is 6.87. The van der Waals surface area contributed by atoms with Crippen molar-refractivity contribution in [3.63, 3.8) is 0 Å². The van der Waals surface area contributed by atoms with Crippen LogP contribution in [0.1, 0.15) is 25.3 Å². The Bertz CT molecular complexity index is 336. The van der Waals surface area contributed by atoms with Crippen molar-refractivity contribution in [2.75, 3.05) is 6.61 Å². The maximum atomic E-state index is 11.8. The lowest BCUT2D eigenvalue weighted by Crippen LogP contribution is -2.25. The summed E-state index contributed by atoms with van der Waals surface area (Å²) in [6.45, 7) is 2.52. The van der Waals surface area contributed by atoms with E-state index in [0.29, 0.717) is 6.61 Å². The molecule has 0 saturated heterocycles. The highest BCUT2D eigenvalue weighted by Gasteiger charge is 2.35. The number of halogens is 2. The Balaban J connectivity index is 2.66. The van der Waals surface area contributed by atoms with Crippen LogP contribution in [0.3, 0.4) is 0 Å². The number of carbonyl (C=O) groups is 1. The minimum absolute atomic E-state index is 0.313. The molecule has 0 amide bonds. The summed E-state index contributed by atoms with van der Waals surface area (Å²) in [5, 5.41) is 0. The fourth-order valence-electron chi connectivity index (χ4n) is 1.17. The zero-order valence-corrected chi connectivity index (χ0v) is 12.3. The molecule has 0 spiro atoms. The van der Waals surface area contributed by atoms with E-state index in [1.165, 1.54) is 0 Å². The van der Waals surface area contributed by atoms with Gasteiger partial charge in [-0.3, -0.25) is 0 Å². The van der Waals surface area contributed by atoms with Gasteiger partial charge in [0.2, 0.25) is 3.23 Å². The number of alkyl halides is 2. The predicted octanol–water partition coefficient (Wildman–Crippen LogP) is 3.97. The van der Waals surface area contributed by atoms with Crippen molar-refractivity contribution in [2.45, 2.75) is 23.0 Å². The molecule has 4 heteroatoms. The normalized spacial score (nSPS) is 11.2. The minimum Gasteiger partial charge on any atom is -0.464 e. The molecular weight excluding hydrogens is 336 g/mol. The van der Waals surface area contributed by atoms with Crippen LogP contribution in [0.2, 0.25) is 0 Å². The van der Waals surface area contributed by atoms with Crippen molar-refractivity contribution in [1.29, 1.82) is 0 Å². The fourth-order valence-corrected chi connectivity index (χ4v) is 1.92. The van der Waals surface area contributed by atoms with Crippen molar-refractivity contribution < 1.29 is 9.53 Å². The van der Waals surface area contributed by atoms with E-state index in [0.717, 1.165) is 18.4 Å². The second-order valence-electron chi connectivity index (χ2n) is 3.43.